The number of hydrogen-bond acceptors (Lipinski definition) is 15. The van der Waals surface area contributed by atoms with E-state index in [0.717, 1.165) is 31.9 Å². The molecule has 5 aromatic rings. The molecule has 4 heterocycles. The molecule has 0 radical (unpaired) electrons. The number of nitrogens with two attached hydrogens (primary N) is 1. The van der Waals surface area contributed by atoms with Crippen LogP contribution >= 0.6 is 10.7 Å². The van der Waals surface area contributed by atoms with E-state index in [1.54, 1.807) is 60.7 Å². The Morgan fingerprint density at radius 2 is 1.11 bits per heavy atom. The van der Waals surface area contributed by atoms with Gasteiger partial charge in [0.1, 0.15) is 18.0 Å². The van der Waals surface area contributed by atoms with Crippen LogP contribution in [-0.4, -0.2) is 63.9 Å². The van der Waals surface area contributed by atoms with Crippen LogP contribution in [-0.2, 0) is 39.4 Å². The van der Waals surface area contributed by atoms with Crippen LogP contribution in [0.25, 0.3) is 0 Å². The number of nitrogen functional groups attached to an aromatic ring is 1. The van der Waals surface area contributed by atoms with Gasteiger partial charge in [-0.15, -0.1) is 0 Å². The Balaban J connectivity index is 0.000000213. The molecular formula is C55H66ClN7O11S. The number of hydrogen-bond donors (Lipinski definition) is 2. The number of ether oxygens (including phenoxy) is 4. The van der Waals surface area contributed by atoms with Crippen molar-refractivity contribution in [1.82, 2.24) is 19.1 Å². The van der Waals surface area contributed by atoms with Gasteiger partial charge in [0, 0.05) is 41.0 Å². The second-order valence-corrected chi connectivity index (χ2v) is 22.8. The summed E-state index contributed by atoms with van der Waals surface area (Å²) < 4.78 is 49.4. The van der Waals surface area contributed by atoms with Gasteiger partial charge in [-0.05, 0) is 76.6 Å². The monoisotopic (exact) mass is 1070 g/mol. The lowest BCUT2D eigenvalue weighted by Crippen LogP contribution is -2.51. The minimum Gasteiger partial charge on any atom is -0.452 e. The number of anilines is 1. The van der Waals surface area contributed by atoms with Crippen LogP contribution in [0.4, 0.5) is 5.82 Å². The van der Waals surface area contributed by atoms with Gasteiger partial charge < -0.3 is 24.7 Å². The maximum atomic E-state index is 12.7. The number of rotatable bonds is 12. The Bertz CT molecular complexity index is 3190. The number of carbonyl (C=O) groups excluding carboxylic acids is 2. The molecule has 0 amide bonds. The fourth-order valence-electron chi connectivity index (χ4n) is 9.39. The van der Waals surface area contributed by atoms with Gasteiger partial charge >= 0.3 is 23.3 Å². The predicted octanol–water partition coefficient (Wildman–Crippen LogP) is 8.53. The predicted molar refractivity (Wildman–Crippen MR) is 282 cm³/mol. The largest absolute Gasteiger partial charge is 0.452 e. The standard InChI is InChI=1S/C20H22N4O4.C20H21N3O5.C15H23ClO2S/c1-12(2)16-13(3)17(27-18(25)14-7-5-4-6-8-14)20(11-21,28-16)24-10-9-15(22)23-19(24)26;1-12(2)16-13(3)17(27-18(25)14-7-5-4-6-8-14)20(11-21,28-16)23-10-9-15(24)22-19(23)26;1-9(2)12-7-13(10(3)4)15(19(16,17)18)14(8-12)11(5)6/h4-10,12-13,16-17H,1-3H3,(H2,22,23,26);4-10,12-13,16-17H,1-3H3,(H,22,24,26);7-11H,1-6H3/t2*13-,16-,17-,20-;/m11./s1. The summed E-state index contributed by atoms with van der Waals surface area (Å²) in [4.78, 5) is 67.8. The van der Waals surface area contributed by atoms with E-state index in [4.69, 9.17) is 35.4 Å². The van der Waals surface area contributed by atoms with E-state index in [1.165, 1.54) is 18.5 Å². The Hall–Kier alpha value is -6.90. The zero-order chi connectivity index (χ0) is 55.9. The molecule has 8 atom stereocenters. The first-order chi connectivity index (χ1) is 35.1. The van der Waals surface area contributed by atoms with Crippen LogP contribution in [0.5, 0.6) is 0 Å². The van der Waals surface area contributed by atoms with E-state index >= 15 is 0 Å². The summed E-state index contributed by atoms with van der Waals surface area (Å²) in [6, 6.07) is 27.4. The second-order valence-electron chi connectivity index (χ2n) is 20.3. The number of benzene rings is 3. The molecule has 20 heteroatoms. The number of H-pyrrole nitrogens is 1. The molecule has 2 fully saturated rings. The van der Waals surface area contributed by atoms with Crippen LogP contribution in [0.3, 0.4) is 0 Å². The van der Waals surface area contributed by atoms with Crippen molar-refractivity contribution in [3.8, 4) is 12.1 Å². The van der Waals surface area contributed by atoms with Crippen molar-refractivity contribution in [3.63, 3.8) is 0 Å². The summed E-state index contributed by atoms with van der Waals surface area (Å²) in [6.45, 7) is 23.6. The summed E-state index contributed by atoms with van der Waals surface area (Å²) in [5, 5.41) is 20.1. The number of nitrogens with one attached hydrogen (secondary N) is 1. The van der Waals surface area contributed by atoms with Crippen molar-refractivity contribution in [2.45, 2.75) is 142 Å². The van der Waals surface area contributed by atoms with Gasteiger partial charge in [-0.25, -0.2) is 27.6 Å². The van der Waals surface area contributed by atoms with Crippen molar-refractivity contribution in [2.75, 3.05) is 5.73 Å². The van der Waals surface area contributed by atoms with Gasteiger partial charge in [0.2, 0.25) is 0 Å². The van der Waals surface area contributed by atoms with E-state index in [-0.39, 0.29) is 41.3 Å². The summed E-state index contributed by atoms with van der Waals surface area (Å²) in [5.41, 5.74) is 3.16. The first kappa shape index (κ1) is 59.0. The Labute approximate surface area is 441 Å². The van der Waals surface area contributed by atoms with Crippen molar-refractivity contribution < 1.29 is 37.0 Å². The van der Waals surface area contributed by atoms with Gasteiger partial charge in [-0.3, -0.25) is 18.9 Å². The van der Waals surface area contributed by atoms with E-state index in [9.17, 15) is 42.9 Å². The van der Waals surface area contributed by atoms with Gasteiger partial charge in [-0.1, -0.05) is 132 Å². The van der Waals surface area contributed by atoms with E-state index < -0.39 is 73.8 Å². The molecule has 3 aromatic carbocycles. The van der Waals surface area contributed by atoms with E-state index in [1.807, 2.05) is 87.4 Å². The maximum absolute atomic E-state index is 12.7. The van der Waals surface area contributed by atoms with E-state index in [2.05, 4.69) is 29.9 Å². The molecule has 2 saturated heterocycles. The number of carbonyl (C=O) groups is 2. The Morgan fingerprint density at radius 3 is 1.45 bits per heavy atom. The highest BCUT2D eigenvalue weighted by molar-refractivity contribution is 8.13. The molecular weight excluding hydrogens is 1000 g/mol. The number of nitriles is 2. The average molecular weight is 1070 g/mol. The SMILES string of the molecule is CC(C)[C@H]1O[C@@](C#N)(n2ccc(=O)[nH]c2=O)[C@H](OC(=O)c2ccccc2)[C@@H]1C.CC(C)[C@H]1O[C@@](C#N)(n2ccc(N)nc2=O)[C@H](OC(=O)c2ccccc2)[C@@H]1C.CC(C)c1cc(C(C)C)c(S(=O)(=O)Cl)c(C(C)C)c1. The van der Waals surface area contributed by atoms with Crippen LogP contribution in [0.2, 0.25) is 0 Å². The highest BCUT2D eigenvalue weighted by Gasteiger charge is 2.60. The first-order valence-corrected chi connectivity index (χ1v) is 27.0. The molecule has 2 aromatic heterocycles. The highest BCUT2D eigenvalue weighted by Crippen LogP contribution is 2.45. The molecule has 0 saturated carbocycles. The minimum atomic E-state index is -3.72. The third-order valence-electron chi connectivity index (χ3n) is 13.2. The molecule has 3 N–H and O–H groups in total. The lowest BCUT2D eigenvalue weighted by atomic mass is 9.89. The van der Waals surface area contributed by atoms with Crippen LogP contribution < -0.4 is 22.7 Å². The van der Waals surface area contributed by atoms with E-state index in [0.29, 0.717) is 21.9 Å². The fraction of sp³-hybridized carbons (Fsp3) is 0.455. The third-order valence-corrected chi connectivity index (χ3v) is 14.6. The molecule has 0 unspecified atom stereocenters. The smallest absolute Gasteiger partial charge is 0.352 e. The van der Waals surface area contributed by atoms with Crippen molar-refractivity contribution in [2.24, 2.45) is 23.7 Å². The topological polar surface area (TPSA) is 269 Å². The number of aromatic nitrogens is 4. The number of esters is 2. The van der Waals surface area contributed by atoms with Crippen LogP contribution in [0.1, 0.15) is 138 Å². The van der Waals surface area contributed by atoms with Crippen molar-refractivity contribution in [1.29, 1.82) is 10.5 Å². The Morgan fingerprint density at radius 1 is 0.693 bits per heavy atom. The van der Waals surface area contributed by atoms with Crippen molar-refractivity contribution in [3.05, 3.63) is 156 Å². The zero-order valence-electron chi connectivity index (χ0n) is 44.2. The number of halogens is 1. The highest BCUT2D eigenvalue weighted by atomic mass is 35.7. The summed E-state index contributed by atoms with van der Waals surface area (Å²) >= 11 is 0. The summed E-state index contributed by atoms with van der Waals surface area (Å²) in [6.07, 6.45) is -0.387. The fourth-order valence-corrected chi connectivity index (χ4v) is 11.1. The average Bonchev–Trinajstić information content (AvgIpc) is 3.81. The Kier molecular flexibility index (Phi) is 19.0. The summed E-state index contributed by atoms with van der Waals surface area (Å²) in [7, 11) is 1.94. The lowest BCUT2D eigenvalue weighted by Gasteiger charge is -2.29. The quantitative estimate of drug-likeness (QED) is 0.0875. The molecule has 400 valence electrons. The molecule has 2 aliphatic heterocycles. The van der Waals surface area contributed by atoms with Crippen molar-refractivity contribution >= 4 is 37.5 Å². The zero-order valence-corrected chi connectivity index (χ0v) is 45.8. The molecule has 75 heavy (non-hydrogen) atoms. The molecule has 0 aliphatic carbocycles. The summed E-state index contributed by atoms with van der Waals surface area (Å²) in [5.74, 6) is -1.26. The number of nitrogens with zero attached hydrogens (tertiary/aromatic N) is 5. The molecule has 7 rings (SSSR count). The first-order valence-electron chi connectivity index (χ1n) is 24.7. The normalized spacial score (nSPS) is 23.2. The van der Waals surface area contributed by atoms with Gasteiger partial charge in [0.05, 0.1) is 28.2 Å². The number of aromatic amines is 1. The van der Waals surface area contributed by atoms with Gasteiger partial charge in [-0.2, -0.15) is 15.5 Å². The minimum absolute atomic E-state index is 0.00150. The molecule has 2 aliphatic rings. The van der Waals surface area contributed by atoms with Gasteiger partial charge in [0.15, 0.2) is 12.2 Å². The maximum Gasteiger partial charge on any atom is 0.352 e. The van der Waals surface area contributed by atoms with Crippen LogP contribution in [0, 0.1) is 46.3 Å². The van der Waals surface area contributed by atoms with Crippen LogP contribution in [0.15, 0.2) is 117 Å². The molecule has 0 bridgehead atoms. The van der Waals surface area contributed by atoms with Gasteiger partial charge in [0.25, 0.3) is 26.1 Å². The third kappa shape index (κ3) is 12.8. The second kappa shape index (κ2) is 24.2. The molecule has 0 spiro atoms. The molecule has 18 nitrogen and oxygen atoms in total. The lowest BCUT2D eigenvalue weighted by molar-refractivity contribution is -0.113.